The van der Waals surface area contributed by atoms with Gasteiger partial charge in [0.15, 0.2) is 5.11 Å². The van der Waals surface area contributed by atoms with Crippen LogP contribution in [-0.2, 0) is 6.54 Å². The molecule has 31 heavy (non-hydrogen) atoms. The fourth-order valence-electron chi connectivity index (χ4n) is 4.24. The van der Waals surface area contributed by atoms with Crippen LogP contribution in [0.2, 0.25) is 0 Å². The van der Waals surface area contributed by atoms with Gasteiger partial charge in [0.25, 0.3) is 0 Å². The third-order valence-electron chi connectivity index (χ3n) is 5.95. The zero-order valence-electron chi connectivity index (χ0n) is 17.7. The maximum atomic E-state index is 6.82. The topological polar surface area (TPSA) is 44.5 Å². The lowest BCUT2D eigenvalue weighted by Gasteiger charge is -2.42. The summed E-state index contributed by atoms with van der Waals surface area (Å²) in [6.07, 6.45) is 0. The van der Waals surface area contributed by atoms with Crippen LogP contribution in [0, 0.1) is 0 Å². The van der Waals surface area contributed by atoms with E-state index in [9.17, 15) is 0 Å². The highest BCUT2D eigenvalue weighted by Crippen LogP contribution is 2.33. The highest BCUT2D eigenvalue weighted by atomic mass is 32.1. The van der Waals surface area contributed by atoms with Gasteiger partial charge in [0, 0.05) is 38.8 Å². The molecule has 0 saturated carbocycles. The fourth-order valence-corrected chi connectivity index (χ4v) is 4.50. The summed E-state index contributed by atoms with van der Waals surface area (Å²) in [4.78, 5) is 4.77. The minimum atomic E-state index is -0.0849. The second-order valence-electron chi connectivity index (χ2n) is 7.96. The first kappa shape index (κ1) is 21.5. The SMILES string of the molecule is N[C@@H](c1ccccc1)[C@@H](c1ccccc1)N1CCN(C(=S)NCc2ccccc2)CC1. The van der Waals surface area contributed by atoms with Crippen LogP contribution in [0.3, 0.4) is 0 Å². The molecule has 0 aliphatic carbocycles. The molecule has 1 aliphatic rings. The Morgan fingerprint density at radius 3 is 1.87 bits per heavy atom. The van der Waals surface area contributed by atoms with E-state index < -0.39 is 0 Å². The summed E-state index contributed by atoms with van der Waals surface area (Å²) in [5, 5.41) is 4.23. The smallest absolute Gasteiger partial charge is 0.169 e. The van der Waals surface area contributed by atoms with Crippen LogP contribution in [0.4, 0.5) is 0 Å². The van der Waals surface area contributed by atoms with Crippen molar-refractivity contribution >= 4 is 17.3 Å². The number of hydrogen-bond acceptors (Lipinski definition) is 3. The molecule has 1 saturated heterocycles. The van der Waals surface area contributed by atoms with Crippen LogP contribution in [-0.4, -0.2) is 41.1 Å². The molecule has 4 rings (SSSR count). The third kappa shape index (κ3) is 5.50. The molecule has 3 aromatic rings. The van der Waals surface area contributed by atoms with Crippen LogP contribution >= 0.6 is 12.2 Å². The molecule has 5 heteroatoms. The summed E-state index contributed by atoms with van der Waals surface area (Å²) < 4.78 is 0. The molecule has 1 aliphatic heterocycles. The summed E-state index contributed by atoms with van der Waals surface area (Å²) in [6, 6.07) is 31.5. The van der Waals surface area contributed by atoms with E-state index in [0.29, 0.717) is 0 Å². The van der Waals surface area contributed by atoms with Gasteiger partial charge in [0.1, 0.15) is 0 Å². The van der Waals surface area contributed by atoms with Crippen molar-refractivity contribution in [3.8, 4) is 0 Å². The Balaban J connectivity index is 1.41. The van der Waals surface area contributed by atoms with Crippen molar-refractivity contribution < 1.29 is 0 Å². The lowest BCUT2D eigenvalue weighted by Crippen LogP contribution is -2.53. The molecule has 3 aromatic carbocycles. The Morgan fingerprint density at radius 2 is 1.29 bits per heavy atom. The fraction of sp³-hybridized carbons (Fsp3) is 0.269. The molecule has 0 radical (unpaired) electrons. The molecule has 1 fully saturated rings. The largest absolute Gasteiger partial charge is 0.358 e. The lowest BCUT2D eigenvalue weighted by atomic mass is 9.92. The number of thiocarbonyl (C=S) groups is 1. The monoisotopic (exact) mass is 430 g/mol. The maximum absolute atomic E-state index is 6.82. The van der Waals surface area contributed by atoms with E-state index in [4.69, 9.17) is 18.0 Å². The van der Waals surface area contributed by atoms with Crippen molar-refractivity contribution in [1.82, 2.24) is 15.1 Å². The Bertz CT molecular complexity index is 941. The molecule has 0 aromatic heterocycles. The zero-order valence-corrected chi connectivity index (χ0v) is 18.5. The highest BCUT2D eigenvalue weighted by Gasteiger charge is 2.30. The Morgan fingerprint density at radius 1 is 0.774 bits per heavy atom. The number of hydrogen-bond donors (Lipinski definition) is 2. The first-order valence-electron chi connectivity index (χ1n) is 10.9. The van der Waals surface area contributed by atoms with E-state index >= 15 is 0 Å². The summed E-state index contributed by atoms with van der Waals surface area (Å²) in [5.41, 5.74) is 10.5. The van der Waals surface area contributed by atoms with Gasteiger partial charge in [-0.1, -0.05) is 91.0 Å². The normalized spacial score (nSPS) is 16.5. The van der Waals surface area contributed by atoms with Crippen LogP contribution in [0.15, 0.2) is 91.0 Å². The Kier molecular flexibility index (Phi) is 7.30. The molecular formula is C26H30N4S. The van der Waals surface area contributed by atoms with Gasteiger partial charge in [-0.05, 0) is 28.9 Å². The number of nitrogens with two attached hydrogens (primary N) is 1. The second kappa shape index (κ2) is 10.5. The zero-order chi connectivity index (χ0) is 21.5. The van der Waals surface area contributed by atoms with E-state index in [0.717, 1.165) is 37.8 Å². The maximum Gasteiger partial charge on any atom is 0.169 e. The van der Waals surface area contributed by atoms with Gasteiger partial charge < -0.3 is 16.0 Å². The first-order chi connectivity index (χ1) is 15.2. The molecule has 1 heterocycles. The lowest BCUT2D eigenvalue weighted by molar-refractivity contribution is 0.115. The summed E-state index contributed by atoms with van der Waals surface area (Å²) >= 11 is 5.67. The number of piperazine rings is 1. The quantitative estimate of drug-likeness (QED) is 0.576. The van der Waals surface area contributed by atoms with E-state index in [2.05, 4.69) is 94.0 Å². The molecule has 3 N–H and O–H groups in total. The number of nitrogens with zero attached hydrogens (tertiary/aromatic N) is 2. The van der Waals surface area contributed by atoms with Gasteiger partial charge in [-0.25, -0.2) is 0 Å². The molecule has 4 nitrogen and oxygen atoms in total. The number of rotatable bonds is 6. The second-order valence-corrected chi connectivity index (χ2v) is 8.35. The van der Waals surface area contributed by atoms with Crippen molar-refractivity contribution in [3.63, 3.8) is 0 Å². The number of nitrogens with one attached hydrogen (secondary N) is 1. The Hall–Kier alpha value is -2.73. The van der Waals surface area contributed by atoms with Crippen molar-refractivity contribution in [2.45, 2.75) is 18.6 Å². The minimum Gasteiger partial charge on any atom is -0.358 e. The summed E-state index contributed by atoms with van der Waals surface area (Å²) in [7, 11) is 0. The van der Waals surface area contributed by atoms with Gasteiger partial charge in [-0.3, -0.25) is 4.90 Å². The summed E-state index contributed by atoms with van der Waals surface area (Å²) in [5.74, 6) is 0. The van der Waals surface area contributed by atoms with Gasteiger partial charge in [-0.15, -0.1) is 0 Å². The standard InChI is InChI=1S/C26H30N4S/c27-24(22-12-6-2-7-13-22)25(23-14-8-3-9-15-23)29-16-18-30(19-17-29)26(31)28-20-21-10-4-1-5-11-21/h1-15,24-25H,16-20,27H2,(H,28,31)/t24-,25+/m0/s1. The van der Waals surface area contributed by atoms with E-state index in [-0.39, 0.29) is 12.1 Å². The molecule has 0 amide bonds. The van der Waals surface area contributed by atoms with Gasteiger partial charge >= 0.3 is 0 Å². The molecular weight excluding hydrogens is 400 g/mol. The molecule has 0 bridgehead atoms. The van der Waals surface area contributed by atoms with Gasteiger partial charge in [-0.2, -0.15) is 0 Å². The average Bonchev–Trinajstić information content (AvgIpc) is 2.85. The first-order valence-corrected chi connectivity index (χ1v) is 11.3. The van der Waals surface area contributed by atoms with Gasteiger partial charge in [0.2, 0.25) is 0 Å². The van der Waals surface area contributed by atoms with Crippen LogP contribution < -0.4 is 11.1 Å². The molecule has 0 unspecified atom stereocenters. The van der Waals surface area contributed by atoms with E-state index in [1.54, 1.807) is 0 Å². The van der Waals surface area contributed by atoms with E-state index in [1.165, 1.54) is 16.7 Å². The van der Waals surface area contributed by atoms with Crippen molar-refractivity contribution in [2.75, 3.05) is 26.2 Å². The molecule has 2 atom stereocenters. The number of benzene rings is 3. The van der Waals surface area contributed by atoms with Crippen LogP contribution in [0.5, 0.6) is 0 Å². The van der Waals surface area contributed by atoms with Gasteiger partial charge in [0.05, 0.1) is 6.04 Å². The highest BCUT2D eigenvalue weighted by molar-refractivity contribution is 7.80. The van der Waals surface area contributed by atoms with Crippen molar-refractivity contribution in [1.29, 1.82) is 0 Å². The predicted octanol–water partition coefficient (Wildman–Crippen LogP) is 4.12. The molecule has 0 spiro atoms. The van der Waals surface area contributed by atoms with Crippen LogP contribution in [0.1, 0.15) is 28.8 Å². The average molecular weight is 431 g/mol. The van der Waals surface area contributed by atoms with E-state index in [1.807, 2.05) is 12.1 Å². The third-order valence-corrected chi connectivity index (χ3v) is 6.35. The van der Waals surface area contributed by atoms with Crippen molar-refractivity contribution in [3.05, 3.63) is 108 Å². The minimum absolute atomic E-state index is 0.0849. The Labute approximate surface area is 190 Å². The predicted molar refractivity (Wildman–Crippen MR) is 132 cm³/mol. The van der Waals surface area contributed by atoms with Crippen LogP contribution in [0.25, 0.3) is 0 Å². The summed E-state index contributed by atoms with van der Waals surface area (Å²) in [6.45, 7) is 4.39. The molecule has 160 valence electrons. The van der Waals surface area contributed by atoms with Crippen molar-refractivity contribution in [2.24, 2.45) is 5.73 Å².